The van der Waals surface area contributed by atoms with Gasteiger partial charge in [-0.05, 0) is 56.2 Å². The molecule has 1 saturated heterocycles. The highest BCUT2D eigenvalue weighted by Gasteiger charge is 2.28. The van der Waals surface area contributed by atoms with Crippen molar-refractivity contribution >= 4 is 27.6 Å². The van der Waals surface area contributed by atoms with E-state index in [-0.39, 0.29) is 10.5 Å². The van der Waals surface area contributed by atoms with Gasteiger partial charge < -0.3 is 10.1 Å². The van der Waals surface area contributed by atoms with Crippen LogP contribution in [0.2, 0.25) is 0 Å². The van der Waals surface area contributed by atoms with E-state index < -0.39 is 28.0 Å². The number of nitrogens with one attached hydrogen (secondary N) is 1. The van der Waals surface area contributed by atoms with Crippen molar-refractivity contribution in [3.05, 3.63) is 95.6 Å². The lowest BCUT2D eigenvalue weighted by molar-refractivity contribution is -0.125. The third-order valence-corrected chi connectivity index (χ3v) is 7.59. The third-order valence-electron chi connectivity index (χ3n) is 5.68. The number of anilines is 1. The molecule has 7 nitrogen and oxygen atoms in total. The quantitative estimate of drug-likeness (QED) is 0.511. The fraction of sp³-hybridized carbons (Fsp3) is 0.231. The number of carbonyl (C=O) groups excluding carboxylic acids is 2. The molecular weight excluding hydrogens is 452 g/mol. The minimum atomic E-state index is -3.58. The second-order valence-corrected chi connectivity index (χ2v) is 10.1. The standard InChI is InChI=1S/C26H26N2O5S/c1-19-9-13-22(14-10-19)27-25(29)24(20-7-3-2-4-8-20)33-26(30)21-11-15-23(16-12-21)34(31,32)28-17-5-6-18-28/h2-4,7-16,24H,5-6,17-18H2,1H3,(H,27,29)/t24-/m1/s1. The van der Waals surface area contributed by atoms with Gasteiger partial charge >= 0.3 is 5.97 Å². The van der Waals surface area contributed by atoms with E-state index in [1.165, 1.54) is 28.6 Å². The first-order valence-electron chi connectivity index (χ1n) is 11.1. The summed E-state index contributed by atoms with van der Waals surface area (Å²) in [6.45, 7) is 2.95. The minimum Gasteiger partial charge on any atom is -0.444 e. The van der Waals surface area contributed by atoms with Crippen molar-refractivity contribution in [1.29, 1.82) is 0 Å². The van der Waals surface area contributed by atoms with Crippen molar-refractivity contribution in [3.8, 4) is 0 Å². The Morgan fingerprint density at radius 3 is 2.12 bits per heavy atom. The number of hydrogen-bond acceptors (Lipinski definition) is 5. The number of rotatable bonds is 7. The van der Waals surface area contributed by atoms with Crippen LogP contribution in [0, 0.1) is 6.92 Å². The highest BCUT2D eigenvalue weighted by molar-refractivity contribution is 7.89. The van der Waals surface area contributed by atoms with E-state index in [1.54, 1.807) is 42.5 Å². The van der Waals surface area contributed by atoms with Gasteiger partial charge in [0.25, 0.3) is 5.91 Å². The molecule has 3 aromatic carbocycles. The van der Waals surface area contributed by atoms with Crippen molar-refractivity contribution in [3.63, 3.8) is 0 Å². The highest BCUT2D eigenvalue weighted by Crippen LogP contribution is 2.24. The Morgan fingerprint density at radius 1 is 0.882 bits per heavy atom. The van der Waals surface area contributed by atoms with Crippen molar-refractivity contribution in [2.75, 3.05) is 18.4 Å². The Bertz CT molecular complexity index is 1250. The molecule has 1 fully saturated rings. The van der Waals surface area contributed by atoms with Crippen molar-refractivity contribution in [1.82, 2.24) is 4.31 Å². The molecule has 176 valence electrons. The van der Waals surface area contributed by atoms with Crippen LogP contribution in [0.15, 0.2) is 83.8 Å². The van der Waals surface area contributed by atoms with E-state index in [0.717, 1.165) is 18.4 Å². The van der Waals surface area contributed by atoms with Crippen LogP contribution in [0.3, 0.4) is 0 Å². The SMILES string of the molecule is Cc1ccc(NC(=O)[C@H](OC(=O)c2ccc(S(=O)(=O)N3CCCC3)cc2)c2ccccc2)cc1. The number of benzene rings is 3. The van der Waals surface area contributed by atoms with Gasteiger partial charge in [0.05, 0.1) is 10.5 Å². The number of sulfonamides is 1. The largest absolute Gasteiger partial charge is 0.444 e. The van der Waals surface area contributed by atoms with Crippen molar-refractivity contribution in [2.24, 2.45) is 0 Å². The van der Waals surface area contributed by atoms with Crippen molar-refractivity contribution in [2.45, 2.75) is 30.8 Å². The predicted molar refractivity (Wildman–Crippen MR) is 129 cm³/mol. The van der Waals surface area contributed by atoms with Gasteiger partial charge in [-0.25, -0.2) is 13.2 Å². The smallest absolute Gasteiger partial charge is 0.339 e. The molecule has 0 bridgehead atoms. The molecule has 1 aliphatic heterocycles. The molecule has 4 rings (SSSR count). The lowest BCUT2D eigenvalue weighted by Gasteiger charge is -2.19. The molecule has 1 N–H and O–H groups in total. The summed E-state index contributed by atoms with van der Waals surface area (Å²) in [6.07, 6.45) is 0.507. The average Bonchev–Trinajstić information content (AvgIpc) is 3.40. The Morgan fingerprint density at radius 2 is 1.50 bits per heavy atom. The zero-order valence-electron chi connectivity index (χ0n) is 18.8. The number of aryl methyl sites for hydroxylation is 1. The van der Waals surface area contributed by atoms with Crippen LogP contribution < -0.4 is 5.32 Å². The van der Waals surface area contributed by atoms with Gasteiger partial charge in [0, 0.05) is 24.3 Å². The van der Waals surface area contributed by atoms with Gasteiger partial charge in [-0.15, -0.1) is 0 Å². The van der Waals surface area contributed by atoms with Gasteiger partial charge in [-0.1, -0.05) is 48.0 Å². The van der Waals surface area contributed by atoms with Crippen LogP contribution in [0.25, 0.3) is 0 Å². The number of carbonyl (C=O) groups is 2. The summed E-state index contributed by atoms with van der Waals surface area (Å²) in [4.78, 5) is 26.0. The second-order valence-electron chi connectivity index (χ2n) is 8.19. The lowest BCUT2D eigenvalue weighted by Crippen LogP contribution is -2.28. The van der Waals surface area contributed by atoms with Gasteiger partial charge in [0.1, 0.15) is 0 Å². The molecule has 1 heterocycles. The molecule has 1 amide bonds. The summed E-state index contributed by atoms with van der Waals surface area (Å²) in [5.41, 5.74) is 2.32. The number of amides is 1. The number of esters is 1. The van der Waals surface area contributed by atoms with E-state index in [0.29, 0.717) is 24.3 Å². The van der Waals surface area contributed by atoms with Crippen LogP contribution >= 0.6 is 0 Å². The van der Waals surface area contributed by atoms with Crippen LogP contribution in [-0.2, 0) is 19.6 Å². The summed E-state index contributed by atoms with van der Waals surface area (Å²) >= 11 is 0. The van der Waals surface area contributed by atoms with Gasteiger partial charge in [-0.2, -0.15) is 4.31 Å². The molecule has 3 aromatic rings. The van der Waals surface area contributed by atoms with E-state index in [9.17, 15) is 18.0 Å². The monoisotopic (exact) mass is 478 g/mol. The number of hydrogen-bond donors (Lipinski definition) is 1. The Labute approximate surface area is 199 Å². The second kappa shape index (κ2) is 10.2. The first-order chi connectivity index (χ1) is 16.3. The normalized spacial score (nSPS) is 15.0. The molecular formula is C26H26N2O5S. The maximum Gasteiger partial charge on any atom is 0.339 e. The van der Waals surface area contributed by atoms with E-state index >= 15 is 0 Å². The predicted octanol–water partition coefficient (Wildman–Crippen LogP) is 4.32. The van der Waals surface area contributed by atoms with Crippen LogP contribution in [0.1, 0.15) is 40.4 Å². The summed E-state index contributed by atoms with van der Waals surface area (Å²) in [7, 11) is -3.58. The molecule has 0 aromatic heterocycles. The summed E-state index contributed by atoms with van der Waals surface area (Å²) in [5.74, 6) is -1.21. The third kappa shape index (κ3) is 5.35. The Balaban J connectivity index is 1.52. The zero-order valence-corrected chi connectivity index (χ0v) is 19.6. The van der Waals surface area contributed by atoms with E-state index in [1.807, 2.05) is 19.1 Å². The molecule has 34 heavy (non-hydrogen) atoms. The Kier molecular flexibility index (Phi) is 7.09. The van der Waals surface area contributed by atoms with E-state index in [4.69, 9.17) is 4.74 Å². The first-order valence-corrected chi connectivity index (χ1v) is 12.5. The maximum atomic E-state index is 13.0. The zero-order chi connectivity index (χ0) is 24.1. The molecule has 0 unspecified atom stereocenters. The van der Waals surface area contributed by atoms with Gasteiger partial charge in [-0.3, -0.25) is 4.79 Å². The first kappa shape index (κ1) is 23.7. The lowest BCUT2D eigenvalue weighted by atomic mass is 10.1. The summed E-state index contributed by atoms with van der Waals surface area (Å²) in [5, 5.41) is 2.78. The Hall–Kier alpha value is -3.49. The molecule has 1 aliphatic rings. The minimum absolute atomic E-state index is 0.127. The van der Waals surface area contributed by atoms with Gasteiger partial charge in [0.15, 0.2) is 0 Å². The number of nitrogens with zero attached hydrogens (tertiary/aromatic N) is 1. The molecule has 0 saturated carbocycles. The highest BCUT2D eigenvalue weighted by atomic mass is 32.2. The molecule has 1 atom stereocenters. The number of ether oxygens (including phenoxy) is 1. The molecule has 0 aliphatic carbocycles. The van der Waals surface area contributed by atoms with Crippen LogP contribution in [0.4, 0.5) is 5.69 Å². The van der Waals surface area contributed by atoms with Crippen LogP contribution in [-0.4, -0.2) is 37.7 Å². The van der Waals surface area contributed by atoms with Crippen molar-refractivity contribution < 1.29 is 22.7 Å². The van der Waals surface area contributed by atoms with Gasteiger partial charge in [0.2, 0.25) is 16.1 Å². The fourth-order valence-corrected chi connectivity index (χ4v) is 5.28. The maximum absolute atomic E-state index is 13.0. The average molecular weight is 479 g/mol. The van der Waals surface area contributed by atoms with Crippen LogP contribution in [0.5, 0.6) is 0 Å². The molecule has 8 heteroatoms. The molecule has 0 spiro atoms. The molecule has 0 radical (unpaired) electrons. The summed E-state index contributed by atoms with van der Waals surface area (Å²) in [6, 6.07) is 21.6. The summed E-state index contributed by atoms with van der Waals surface area (Å²) < 4.78 is 32.5. The fourth-order valence-electron chi connectivity index (χ4n) is 3.76. The van der Waals surface area contributed by atoms with E-state index in [2.05, 4.69) is 5.32 Å². The topological polar surface area (TPSA) is 92.8 Å².